The predicted octanol–water partition coefficient (Wildman–Crippen LogP) is 1.14. The van der Waals surface area contributed by atoms with Gasteiger partial charge in [-0.1, -0.05) is 34.8 Å². The summed E-state index contributed by atoms with van der Waals surface area (Å²) < 4.78 is 2.76. The molecule has 0 unspecified atom stereocenters. The van der Waals surface area contributed by atoms with Crippen LogP contribution in [0.2, 0.25) is 0 Å². The van der Waals surface area contributed by atoms with E-state index in [1.54, 1.807) is 0 Å². The van der Waals surface area contributed by atoms with Gasteiger partial charge in [0.1, 0.15) is 12.2 Å². The van der Waals surface area contributed by atoms with Gasteiger partial charge in [-0.25, -0.2) is 4.79 Å². The van der Waals surface area contributed by atoms with E-state index in [1.807, 2.05) is 0 Å². The molecule has 1 saturated carbocycles. The number of hydrogen-bond donors (Lipinski definition) is 2. The Balaban J connectivity index is 2.54. The predicted molar refractivity (Wildman–Crippen MR) is 58.0 cm³/mol. The van der Waals surface area contributed by atoms with Crippen LogP contribution in [0.1, 0.15) is 19.3 Å². The maximum absolute atomic E-state index is 11.2. The first-order valence-electron chi connectivity index (χ1n) is 4.54. The zero-order valence-electron chi connectivity index (χ0n) is 7.83. The molecule has 1 fully saturated rings. The third-order valence-corrected chi connectivity index (χ3v) is 2.80. The molecular weight excluding hydrogens is 264 g/mol. The molecule has 0 spiro atoms. The average molecular weight is 277 g/mol. The minimum atomic E-state index is -2.11. The van der Waals surface area contributed by atoms with E-state index in [-0.39, 0.29) is 0 Å². The van der Waals surface area contributed by atoms with E-state index in [0.717, 1.165) is 6.42 Å². The molecule has 3 N–H and O–H groups in total. The van der Waals surface area contributed by atoms with Gasteiger partial charge in [0.15, 0.2) is 0 Å². The third-order valence-electron chi connectivity index (χ3n) is 2.34. The summed E-state index contributed by atoms with van der Waals surface area (Å²) in [4.78, 5) is 11.2. The molecule has 15 heavy (non-hydrogen) atoms. The van der Waals surface area contributed by atoms with E-state index in [1.165, 1.54) is 0 Å². The van der Waals surface area contributed by atoms with Gasteiger partial charge < -0.3 is 15.6 Å². The minimum absolute atomic E-state index is 0.396. The fourth-order valence-electron chi connectivity index (χ4n) is 1.50. The van der Waals surface area contributed by atoms with Crippen molar-refractivity contribution in [3.63, 3.8) is 0 Å². The lowest BCUT2D eigenvalue weighted by Crippen LogP contribution is -2.48. The van der Waals surface area contributed by atoms with E-state index in [0.29, 0.717) is 12.8 Å². The van der Waals surface area contributed by atoms with Gasteiger partial charge in [0.05, 0.1) is 0 Å². The molecule has 1 rings (SSSR count). The van der Waals surface area contributed by atoms with E-state index in [4.69, 9.17) is 45.3 Å². The number of hydrogen-bond acceptors (Lipinski definition) is 4. The van der Waals surface area contributed by atoms with Crippen LogP contribution in [0.5, 0.6) is 0 Å². The van der Waals surface area contributed by atoms with Crippen molar-refractivity contribution in [2.24, 2.45) is 5.73 Å². The molecule has 0 radical (unpaired) electrons. The molecule has 0 aliphatic heterocycles. The lowest BCUT2D eigenvalue weighted by molar-refractivity contribution is -0.157. The second-order valence-electron chi connectivity index (χ2n) is 3.53. The number of alkyl halides is 3. The van der Waals surface area contributed by atoms with E-state index >= 15 is 0 Å². The molecule has 0 saturated heterocycles. The van der Waals surface area contributed by atoms with Crippen molar-refractivity contribution >= 4 is 40.8 Å². The van der Waals surface area contributed by atoms with Crippen LogP contribution in [-0.4, -0.2) is 33.1 Å². The normalized spacial score (nSPS) is 32.5. The first kappa shape index (κ1) is 13.3. The number of halogens is 3. The highest BCUT2D eigenvalue weighted by molar-refractivity contribution is 6.75. The van der Waals surface area contributed by atoms with Gasteiger partial charge in [-0.2, -0.15) is 0 Å². The SMILES string of the molecule is N[C@@H]1CCC[C@H](OC(=O)C(Cl)(Cl)Cl)[C@H]1O. The molecule has 7 heteroatoms. The highest BCUT2D eigenvalue weighted by Crippen LogP contribution is 2.30. The minimum Gasteiger partial charge on any atom is -0.456 e. The Bertz CT molecular complexity index is 244. The summed E-state index contributed by atoms with van der Waals surface area (Å²) in [5, 5.41) is 9.62. The van der Waals surface area contributed by atoms with Gasteiger partial charge in [0, 0.05) is 6.04 Å². The number of aliphatic hydroxyl groups is 1. The smallest absolute Gasteiger partial charge is 0.358 e. The van der Waals surface area contributed by atoms with Crippen molar-refractivity contribution in [1.29, 1.82) is 0 Å². The Kier molecular flexibility index (Phi) is 4.50. The van der Waals surface area contributed by atoms with E-state index < -0.39 is 28.0 Å². The van der Waals surface area contributed by atoms with Crippen LogP contribution in [0, 0.1) is 0 Å². The zero-order valence-corrected chi connectivity index (χ0v) is 10.1. The lowest BCUT2D eigenvalue weighted by Gasteiger charge is -2.32. The van der Waals surface area contributed by atoms with Gasteiger partial charge in [-0.3, -0.25) is 0 Å². The molecule has 0 aromatic rings. The number of esters is 1. The molecule has 88 valence electrons. The standard InChI is InChI=1S/C8H12Cl3NO3/c9-8(10,11)7(14)15-5-3-1-2-4(12)6(5)13/h4-6,13H,1-3,12H2/t4-,5+,6+/m1/s1. The van der Waals surface area contributed by atoms with Crippen molar-refractivity contribution < 1.29 is 14.6 Å². The highest BCUT2D eigenvalue weighted by atomic mass is 35.6. The van der Waals surface area contributed by atoms with Crippen LogP contribution in [0.25, 0.3) is 0 Å². The monoisotopic (exact) mass is 275 g/mol. The summed E-state index contributed by atoms with van der Waals surface area (Å²) in [6.45, 7) is 0. The fraction of sp³-hybridized carbons (Fsp3) is 0.875. The van der Waals surface area contributed by atoms with Gasteiger partial charge in [0.2, 0.25) is 0 Å². The molecule has 4 nitrogen and oxygen atoms in total. The van der Waals surface area contributed by atoms with Crippen LogP contribution in [0.3, 0.4) is 0 Å². The maximum atomic E-state index is 11.2. The molecule has 1 aliphatic carbocycles. The lowest BCUT2D eigenvalue weighted by atomic mass is 9.90. The zero-order chi connectivity index (χ0) is 11.6. The van der Waals surface area contributed by atoms with Crippen LogP contribution in [0.15, 0.2) is 0 Å². The van der Waals surface area contributed by atoms with Crippen LogP contribution in [-0.2, 0) is 9.53 Å². The Morgan fingerprint density at radius 1 is 1.40 bits per heavy atom. The summed E-state index contributed by atoms with van der Waals surface area (Å²) in [5.41, 5.74) is 5.61. The van der Waals surface area contributed by atoms with Crippen molar-refractivity contribution in [1.82, 2.24) is 0 Å². The molecule has 0 aromatic carbocycles. The molecule has 0 bridgehead atoms. The largest absolute Gasteiger partial charge is 0.456 e. The number of carbonyl (C=O) groups excluding carboxylic acids is 1. The van der Waals surface area contributed by atoms with Crippen molar-refractivity contribution in [2.45, 2.75) is 41.3 Å². The summed E-state index contributed by atoms with van der Waals surface area (Å²) in [6, 6.07) is -0.396. The summed E-state index contributed by atoms with van der Waals surface area (Å²) in [7, 11) is 0. The molecular formula is C8H12Cl3NO3. The maximum Gasteiger partial charge on any atom is 0.358 e. The number of ether oxygens (including phenoxy) is 1. The Morgan fingerprint density at radius 3 is 2.53 bits per heavy atom. The fourth-order valence-corrected chi connectivity index (χ4v) is 1.64. The average Bonchev–Trinajstić information content (AvgIpc) is 2.11. The second kappa shape index (κ2) is 5.06. The summed E-state index contributed by atoms with van der Waals surface area (Å²) >= 11 is 16.0. The van der Waals surface area contributed by atoms with Crippen LogP contribution >= 0.6 is 34.8 Å². The first-order valence-corrected chi connectivity index (χ1v) is 5.67. The molecule has 0 heterocycles. The highest BCUT2D eigenvalue weighted by Gasteiger charge is 2.38. The first-order chi connectivity index (χ1) is 6.82. The van der Waals surface area contributed by atoms with E-state index in [2.05, 4.69) is 0 Å². The topological polar surface area (TPSA) is 72.5 Å². The number of rotatable bonds is 1. The van der Waals surface area contributed by atoms with Gasteiger partial charge in [0.25, 0.3) is 3.79 Å². The van der Waals surface area contributed by atoms with E-state index in [9.17, 15) is 9.90 Å². The van der Waals surface area contributed by atoms with Gasteiger partial charge in [-0.05, 0) is 19.3 Å². The van der Waals surface area contributed by atoms with Crippen LogP contribution in [0.4, 0.5) is 0 Å². The number of nitrogens with two attached hydrogens (primary N) is 1. The third kappa shape index (κ3) is 3.64. The van der Waals surface area contributed by atoms with Crippen molar-refractivity contribution in [3.8, 4) is 0 Å². The second-order valence-corrected chi connectivity index (χ2v) is 5.81. The molecule has 0 amide bonds. The Labute approximate surface area is 103 Å². The molecule has 1 aliphatic rings. The quantitative estimate of drug-likeness (QED) is 0.556. The van der Waals surface area contributed by atoms with Crippen molar-refractivity contribution in [2.75, 3.05) is 0 Å². The van der Waals surface area contributed by atoms with Crippen molar-refractivity contribution in [3.05, 3.63) is 0 Å². The number of carbonyl (C=O) groups is 1. The van der Waals surface area contributed by atoms with Crippen LogP contribution < -0.4 is 5.73 Å². The van der Waals surface area contributed by atoms with Gasteiger partial charge >= 0.3 is 5.97 Å². The summed E-state index contributed by atoms with van der Waals surface area (Å²) in [5.74, 6) is -0.981. The van der Waals surface area contributed by atoms with Gasteiger partial charge in [-0.15, -0.1) is 0 Å². The Hall–Kier alpha value is 0.260. The molecule has 3 atom stereocenters. The number of aliphatic hydroxyl groups excluding tert-OH is 1. The Morgan fingerprint density at radius 2 is 2.00 bits per heavy atom. The molecule has 0 aromatic heterocycles. The summed E-state index contributed by atoms with van der Waals surface area (Å²) in [6.07, 6.45) is 0.423.